The van der Waals surface area contributed by atoms with Crippen molar-refractivity contribution in [3.05, 3.63) is 27.2 Å². The third-order valence-electron chi connectivity index (χ3n) is 2.26. The van der Waals surface area contributed by atoms with Crippen LogP contribution >= 0.6 is 27.3 Å². The number of hydrogen-bond acceptors (Lipinski definition) is 7. The number of furan rings is 1. The molecule has 0 amide bonds. The highest BCUT2D eigenvalue weighted by Gasteiger charge is 2.15. The Morgan fingerprint density at radius 2 is 2.26 bits per heavy atom. The zero-order chi connectivity index (χ0) is 13.2. The summed E-state index contributed by atoms with van der Waals surface area (Å²) >= 11 is 4.71. The van der Waals surface area contributed by atoms with E-state index in [1.54, 1.807) is 19.2 Å². The molecule has 3 rings (SSSR count). The topological polar surface area (TPSA) is 74.2 Å². The molecule has 19 heavy (non-hydrogen) atoms. The average molecular weight is 342 g/mol. The molecule has 0 aromatic carbocycles. The van der Waals surface area contributed by atoms with Gasteiger partial charge < -0.3 is 13.7 Å². The van der Waals surface area contributed by atoms with E-state index in [0.717, 1.165) is 5.01 Å². The van der Waals surface area contributed by atoms with E-state index in [0.29, 0.717) is 34.4 Å². The largest absolute Gasteiger partial charge is 0.446 e. The molecule has 0 N–H and O–H groups in total. The van der Waals surface area contributed by atoms with Crippen LogP contribution < -0.4 is 0 Å². The Balaban J connectivity index is 1.87. The maximum Gasteiger partial charge on any atom is 0.277 e. The second-order valence-corrected chi connectivity index (χ2v) is 5.31. The van der Waals surface area contributed by atoms with Crippen LogP contribution in [0.5, 0.6) is 0 Å². The Morgan fingerprint density at radius 1 is 1.37 bits per heavy atom. The van der Waals surface area contributed by atoms with E-state index >= 15 is 0 Å². The molecular formula is C11H8BrN3O3S. The summed E-state index contributed by atoms with van der Waals surface area (Å²) in [6.45, 7) is 0.469. The molecule has 0 spiro atoms. The van der Waals surface area contributed by atoms with Crippen LogP contribution in [0, 0.1) is 0 Å². The van der Waals surface area contributed by atoms with Gasteiger partial charge in [-0.3, -0.25) is 0 Å². The fourth-order valence-corrected chi connectivity index (χ4v) is 2.51. The summed E-state index contributed by atoms with van der Waals surface area (Å²) in [6, 6.07) is 3.53. The maximum absolute atomic E-state index is 5.36. The summed E-state index contributed by atoms with van der Waals surface area (Å²) in [5, 5.41) is 6.57. The van der Waals surface area contributed by atoms with Crippen molar-refractivity contribution in [2.24, 2.45) is 0 Å². The number of methoxy groups -OCH3 is 1. The molecule has 0 atom stereocenters. The van der Waals surface area contributed by atoms with Gasteiger partial charge in [0.15, 0.2) is 10.4 Å². The van der Waals surface area contributed by atoms with Gasteiger partial charge in [0.25, 0.3) is 5.89 Å². The van der Waals surface area contributed by atoms with Crippen molar-refractivity contribution in [3.63, 3.8) is 0 Å². The standard InChI is InChI=1S/C11H8BrN3O3S/c1-16-4-9-13-6(5-19-9)11-14-10(15-18-11)7-2-3-8(12)17-7/h2-3,5H,4H2,1H3. The molecule has 6 nitrogen and oxygen atoms in total. The first-order valence-electron chi connectivity index (χ1n) is 5.29. The van der Waals surface area contributed by atoms with Crippen LogP contribution in [-0.2, 0) is 11.3 Å². The van der Waals surface area contributed by atoms with E-state index in [1.807, 2.05) is 5.38 Å². The van der Waals surface area contributed by atoms with E-state index in [9.17, 15) is 0 Å². The van der Waals surface area contributed by atoms with E-state index in [-0.39, 0.29) is 0 Å². The molecule has 3 aromatic heterocycles. The number of ether oxygens (including phenoxy) is 1. The molecule has 3 heterocycles. The highest BCUT2D eigenvalue weighted by atomic mass is 79.9. The number of thiazole rings is 1. The molecule has 3 aromatic rings. The number of halogens is 1. The Hall–Kier alpha value is -1.51. The van der Waals surface area contributed by atoms with Gasteiger partial charge in [0.2, 0.25) is 5.82 Å². The van der Waals surface area contributed by atoms with Crippen molar-refractivity contribution in [2.75, 3.05) is 7.11 Å². The van der Waals surface area contributed by atoms with Gasteiger partial charge in [-0.1, -0.05) is 5.16 Å². The SMILES string of the molecule is COCc1nc(-c2nc(-c3ccc(Br)o3)no2)cs1. The van der Waals surface area contributed by atoms with Gasteiger partial charge in [0, 0.05) is 12.5 Å². The normalized spacial score (nSPS) is 11.1. The minimum atomic E-state index is 0.362. The summed E-state index contributed by atoms with van der Waals surface area (Å²) < 4.78 is 16.2. The van der Waals surface area contributed by atoms with Gasteiger partial charge in [-0.05, 0) is 28.1 Å². The highest BCUT2D eigenvalue weighted by Crippen LogP contribution is 2.26. The second kappa shape index (κ2) is 5.24. The fourth-order valence-electron chi connectivity index (χ4n) is 1.46. The molecule has 0 aliphatic heterocycles. The predicted molar refractivity (Wildman–Crippen MR) is 71.5 cm³/mol. The minimum Gasteiger partial charge on any atom is -0.446 e. The third-order valence-corrected chi connectivity index (χ3v) is 3.51. The first-order valence-corrected chi connectivity index (χ1v) is 6.96. The van der Waals surface area contributed by atoms with Crippen molar-refractivity contribution in [1.82, 2.24) is 15.1 Å². The van der Waals surface area contributed by atoms with Crippen LogP contribution in [0.3, 0.4) is 0 Å². The van der Waals surface area contributed by atoms with E-state index < -0.39 is 0 Å². The fraction of sp³-hybridized carbons (Fsp3) is 0.182. The molecule has 0 bridgehead atoms. The first-order chi connectivity index (χ1) is 9.26. The highest BCUT2D eigenvalue weighted by molar-refractivity contribution is 9.10. The molecule has 0 aliphatic carbocycles. The lowest BCUT2D eigenvalue weighted by molar-refractivity contribution is 0.184. The second-order valence-electron chi connectivity index (χ2n) is 3.59. The number of rotatable bonds is 4. The van der Waals surface area contributed by atoms with Crippen LogP contribution in [0.25, 0.3) is 23.2 Å². The summed E-state index contributed by atoms with van der Waals surface area (Å²) in [5.74, 6) is 1.29. The zero-order valence-electron chi connectivity index (χ0n) is 9.79. The van der Waals surface area contributed by atoms with Crippen LogP contribution in [0.15, 0.2) is 31.1 Å². The minimum absolute atomic E-state index is 0.362. The van der Waals surface area contributed by atoms with Crippen LogP contribution in [0.2, 0.25) is 0 Å². The Morgan fingerprint density at radius 3 is 3.00 bits per heavy atom. The lowest BCUT2D eigenvalue weighted by atomic mass is 10.4. The summed E-state index contributed by atoms with van der Waals surface area (Å²) in [7, 11) is 1.63. The van der Waals surface area contributed by atoms with E-state index in [2.05, 4.69) is 31.1 Å². The zero-order valence-corrected chi connectivity index (χ0v) is 12.2. The average Bonchev–Trinajstić information content (AvgIpc) is 3.07. The molecule has 0 saturated heterocycles. The first kappa shape index (κ1) is 12.5. The Kier molecular flexibility index (Phi) is 3.45. The van der Waals surface area contributed by atoms with Gasteiger partial charge in [-0.25, -0.2) is 4.98 Å². The van der Waals surface area contributed by atoms with Gasteiger partial charge in [0.05, 0.1) is 6.61 Å². The molecule has 0 radical (unpaired) electrons. The molecule has 0 aliphatic rings. The lowest BCUT2D eigenvalue weighted by Crippen LogP contribution is -1.86. The van der Waals surface area contributed by atoms with Gasteiger partial charge >= 0.3 is 0 Å². The monoisotopic (exact) mass is 341 g/mol. The summed E-state index contributed by atoms with van der Waals surface area (Å²) in [4.78, 5) is 8.59. The van der Waals surface area contributed by atoms with E-state index in [4.69, 9.17) is 13.7 Å². The van der Waals surface area contributed by atoms with Crippen molar-refractivity contribution in [1.29, 1.82) is 0 Å². The van der Waals surface area contributed by atoms with Crippen molar-refractivity contribution in [2.45, 2.75) is 6.61 Å². The molecule has 98 valence electrons. The molecule has 8 heteroatoms. The van der Waals surface area contributed by atoms with Crippen molar-refractivity contribution >= 4 is 27.3 Å². The smallest absolute Gasteiger partial charge is 0.277 e. The molecule has 0 unspecified atom stereocenters. The number of hydrogen-bond donors (Lipinski definition) is 0. The number of nitrogens with zero attached hydrogens (tertiary/aromatic N) is 3. The van der Waals surface area contributed by atoms with Gasteiger partial charge in [-0.15, -0.1) is 11.3 Å². The van der Waals surface area contributed by atoms with Crippen molar-refractivity contribution < 1.29 is 13.7 Å². The Labute approximate surface area is 120 Å². The van der Waals surface area contributed by atoms with Crippen LogP contribution in [0.1, 0.15) is 5.01 Å². The third kappa shape index (κ3) is 2.60. The molecular weight excluding hydrogens is 334 g/mol. The maximum atomic E-state index is 5.36. The van der Waals surface area contributed by atoms with E-state index in [1.165, 1.54) is 11.3 Å². The van der Waals surface area contributed by atoms with Crippen molar-refractivity contribution in [3.8, 4) is 23.2 Å². The lowest BCUT2D eigenvalue weighted by Gasteiger charge is -1.89. The molecule has 0 fully saturated rings. The van der Waals surface area contributed by atoms with Gasteiger partial charge in [0.1, 0.15) is 10.7 Å². The van der Waals surface area contributed by atoms with Gasteiger partial charge in [-0.2, -0.15) is 4.98 Å². The van der Waals surface area contributed by atoms with Crippen LogP contribution in [-0.4, -0.2) is 22.2 Å². The summed E-state index contributed by atoms with van der Waals surface area (Å²) in [6.07, 6.45) is 0. The number of aromatic nitrogens is 3. The summed E-state index contributed by atoms with van der Waals surface area (Å²) in [5.41, 5.74) is 0.640. The molecule has 0 saturated carbocycles. The quantitative estimate of drug-likeness (QED) is 0.724. The van der Waals surface area contributed by atoms with Crippen LogP contribution in [0.4, 0.5) is 0 Å². The Bertz CT molecular complexity index is 691. The predicted octanol–water partition coefficient (Wildman–Crippen LogP) is 3.36.